The fourth-order valence-electron chi connectivity index (χ4n) is 4.09. The summed E-state index contributed by atoms with van der Waals surface area (Å²) >= 11 is 3.52. The molecule has 0 bridgehead atoms. The van der Waals surface area contributed by atoms with Crippen LogP contribution in [0.15, 0.2) is 65.1 Å². The Labute approximate surface area is 202 Å². The summed E-state index contributed by atoms with van der Waals surface area (Å²) in [5.74, 6) is 2.72. The Hall–Kier alpha value is -3.19. The van der Waals surface area contributed by atoms with Gasteiger partial charge >= 0.3 is 0 Å². The molecule has 1 atom stereocenters. The van der Waals surface area contributed by atoms with E-state index >= 15 is 0 Å². The average Bonchev–Trinajstić information content (AvgIpc) is 2.86. The maximum atomic E-state index is 13.6. The van der Waals surface area contributed by atoms with Crippen LogP contribution in [0.4, 0.5) is 0 Å². The normalized spacial score (nSPS) is 14.9. The lowest BCUT2D eigenvalue weighted by molar-refractivity contribution is 0.0588. The highest BCUT2D eigenvalue weighted by Crippen LogP contribution is 2.39. The third-order valence-corrected chi connectivity index (χ3v) is 6.53. The maximum Gasteiger partial charge on any atom is 0.255 e. The quantitative estimate of drug-likeness (QED) is 0.431. The monoisotopic (exact) mass is 511 g/mol. The third-order valence-electron chi connectivity index (χ3n) is 5.84. The Morgan fingerprint density at radius 3 is 2.27 bits per heavy atom. The number of hydrogen-bond donors (Lipinski definition) is 0. The summed E-state index contributed by atoms with van der Waals surface area (Å²) < 4.78 is 23.2. The number of halogens is 1. The Morgan fingerprint density at radius 1 is 0.939 bits per heavy atom. The van der Waals surface area contributed by atoms with Crippen LogP contribution in [-0.4, -0.2) is 45.3 Å². The predicted octanol–water partition coefficient (Wildman–Crippen LogP) is 5.29. The zero-order valence-electron chi connectivity index (χ0n) is 18.8. The second-order valence-corrected chi connectivity index (χ2v) is 8.49. The van der Waals surface area contributed by atoms with Gasteiger partial charge in [-0.3, -0.25) is 4.79 Å². The van der Waals surface area contributed by atoms with Crippen molar-refractivity contribution in [1.29, 1.82) is 0 Å². The van der Waals surface area contributed by atoms with Gasteiger partial charge in [0.25, 0.3) is 5.91 Å². The first-order chi connectivity index (χ1) is 16.0. The summed E-state index contributed by atoms with van der Waals surface area (Å²) in [5.41, 5.74) is 2.73. The van der Waals surface area contributed by atoms with Crippen LogP contribution in [0.25, 0.3) is 0 Å². The number of carbonyl (C=O) groups is 1. The number of hydrogen-bond acceptors (Lipinski definition) is 5. The van der Waals surface area contributed by atoms with E-state index in [0.717, 1.165) is 21.3 Å². The molecule has 0 aromatic heterocycles. The van der Waals surface area contributed by atoms with Crippen LogP contribution in [0.5, 0.6) is 23.0 Å². The minimum atomic E-state index is -0.296. The molecular formula is C26H26BrNO5. The molecule has 0 spiro atoms. The number of fused-ring (bicyclic) bond motifs is 1. The lowest BCUT2D eigenvalue weighted by atomic mass is 9.91. The SMILES string of the molecule is COc1ccc(OC[C@@H]2c3cc(OC)c(OC)cc3CCN2C(=O)c2ccccc2Br)cc1. The Balaban J connectivity index is 1.70. The molecule has 0 aliphatic carbocycles. The van der Waals surface area contributed by atoms with Gasteiger partial charge in [0.2, 0.25) is 0 Å². The van der Waals surface area contributed by atoms with Crippen LogP contribution in [0.3, 0.4) is 0 Å². The molecule has 3 aromatic carbocycles. The summed E-state index contributed by atoms with van der Waals surface area (Å²) in [5, 5.41) is 0. The molecule has 1 heterocycles. The van der Waals surface area contributed by atoms with Crippen molar-refractivity contribution in [3.8, 4) is 23.0 Å². The highest BCUT2D eigenvalue weighted by Gasteiger charge is 2.34. The van der Waals surface area contributed by atoms with Crippen LogP contribution in [0, 0.1) is 0 Å². The van der Waals surface area contributed by atoms with Crippen molar-refractivity contribution in [3.05, 3.63) is 81.8 Å². The standard InChI is InChI=1S/C26H26BrNO5/c1-30-18-8-10-19(11-9-18)33-16-23-21-15-25(32-3)24(31-2)14-17(21)12-13-28(23)26(29)20-6-4-5-7-22(20)27/h4-11,14-15,23H,12-13,16H2,1-3H3/t23-/m1/s1. The molecule has 4 rings (SSSR count). The highest BCUT2D eigenvalue weighted by atomic mass is 79.9. The number of ether oxygens (including phenoxy) is 4. The van der Waals surface area contributed by atoms with Crippen molar-refractivity contribution < 1.29 is 23.7 Å². The molecule has 1 aliphatic heterocycles. The number of benzene rings is 3. The first kappa shape index (κ1) is 23.0. The number of rotatable bonds is 7. The minimum absolute atomic E-state index is 0.0498. The molecule has 0 fully saturated rings. The first-order valence-electron chi connectivity index (χ1n) is 10.6. The van der Waals surface area contributed by atoms with E-state index in [1.807, 2.05) is 65.6 Å². The molecule has 0 saturated heterocycles. The fourth-order valence-corrected chi connectivity index (χ4v) is 4.54. The number of amides is 1. The van der Waals surface area contributed by atoms with E-state index in [4.69, 9.17) is 18.9 Å². The second-order valence-electron chi connectivity index (χ2n) is 7.64. The number of nitrogens with zero attached hydrogens (tertiary/aromatic N) is 1. The zero-order chi connectivity index (χ0) is 23.4. The number of carbonyl (C=O) groups excluding carboxylic acids is 1. The lowest BCUT2D eigenvalue weighted by Gasteiger charge is -2.38. The van der Waals surface area contributed by atoms with Crippen molar-refractivity contribution >= 4 is 21.8 Å². The van der Waals surface area contributed by atoms with Gasteiger partial charge in [0.1, 0.15) is 18.1 Å². The van der Waals surface area contributed by atoms with E-state index in [1.54, 1.807) is 21.3 Å². The summed E-state index contributed by atoms with van der Waals surface area (Å²) in [6, 6.07) is 18.5. The highest BCUT2D eigenvalue weighted by molar-refractivity contribution is 9.10. The minimum Gasteiger partial charge on any atom is -0.497 e. The summed E-state index contributed by atoms with van der Waals surface area (Å²) in [6.07, 6.45) is 0.713. The van der Waals surface area contributed by atoms with Crippen molar-refractivity contribution in [2.75, 3.05) is 34.5 Å². The van der Waals surface area contributed by atoms with E-state index in [-0.39, 0.29) is 11.9 Å². The van der Waals surface area contributed by atoms with E-state index in [0.29, 0.717) is 42.4 Å². The molecular weight excluding hydrogens is 486 g/mol. The van der Waals surface area contributed by atoms with Crippen molar-refractivity contribution in [2.24, 2.45) is 0 Å². The zero-order valence-corrected chi connectivity index (χ0v) is 20.4. The molecule has 1 aliphatic rings. The van der Waals surface area contributed by atoms with Crippen LogP contribution >= 0.6 is 15.9 Å². The molecule has 7 heteroatoms. The van der Waals surface area contributed by atoms with Crippen LogP contribution < -0.4 is 18.9 Å². The van der Waals surface area contributed by atoms with E-state index in [9.17, 15) is 4.79 Å². The molecule has 0 saturated carbocycles. The number of methoxy groups -OCH3 is 3. The maximum absolute atomic E-state index is 13.6. The second kappa shape index (κ2) is 10.2. The fraction of sp³-hybridized carbons (Fsp3) is 0.269. The molecule has 1 amide bonds. The van der Waals surface area contributed by atoms with Gasteiger partial charge in [-0.25, -0.2) is 0 Å². The molecule has 6 nitrogen and oxygen atoms in total. The van der Waals surface area contributed by atoms with E-state index in [2.05, 4.69) is 15.9 Å². The largest absolute Gasteiger partial charge is 0.497 e. The summed E-state index contributed by atoms with van der Waals surface area (Å²) in [4.78, 5) is 15.5. The van der Waals surface area contributed by atoms with Crippen molar-refractivity contribution in [3.63, 3.8) is 0 Å². The van der Waals surface area contributed by atoms with Crippen LogP contribution in [-0.2, 0) is 6.42 Å². The predicted molar refractivity (Wildman–Crippen MR) is 130 cm³/mol. The molecule has 0 radical (unpaired) electrons. The van der Waals surface area contributed by atoms with Gasteiger partial charge in [-0.2, -0.15) is 0 Å². The molecule has 0 unspecified atom stereocenters. The van der Waals surface area contributed by atoms with Crippen LogP contribution in [0.2, 0.25) is 0 Å². The van der Waals surface area contributed by atoms with E-state index in [1.165, 1.54) is 0 Å². The molecule has 0 N–H and O–H groups in total. The van der Waals surface area contributed by atoms with Crippen molar-refractivity contribution in [1.82, 2.24) is 4.90 Å². The van der Waals surface area contributed by atoms with Gasteiger partial charge in [0.15, 0.2) is 11.5 Å². The van der Waals surface area contributed by atoms with Crippen LogP contribution in [0.1, 0.15) is 27.5 Å². The van der Waals surface area contributed by atoms with Gasteiger partial charge in [-0.05, 0) is 82.0 Å². The van der Waals surface area contributed by atoms with E-state index < -0.39 is 0 Å². The molecule has 33 heavy (non-hydrogen) atoms. The topological polar surface area (TPSA) is 57.2 Å². The average molecular weight is 512 g/mol. The Morgan fingerprint density at radius 2 is 1.61 bits per heavy atom. The Bertz CT molecular complexity index is 1130. The smallest absolute Gasteiger partial charge is 0.255 e. The Kier molecular flexibility index (Phi) is 7.08. The summed E-state index contributed by atoms with van der Waals surface area (Å²) in [6.45, 7) is 0.865. The van der Waals surface area contributed by atoms with Gasteiger partial charge < -0.3 is 23.8 Å². The van der Waals surface area contributed by atoms with Crippen molar-refractivity contribution in [2.45, 2.75) is 12.5 Å². The third kappa shape index (κ3) is 4.78. The summed E-state index contributed by atoms with van der Waals surface area (Å²) in [7, 11) is 4.86. The first-order valence-corrected chi connectivity index (χ1v) is 11.4. The molecule has 172 valence electrons. The lowest BCUT2D eigenvalue weighted by Crippen LogP contribution is -2.42. The van der Waals surface area contributed by atoms with Gasteiger partial charge in [-0.15, -0.1) is 0 Å². The van der Waals surface area contributed by atoms with Gasteiger partial charge in [-0.1, -0.05) is 12.1 Å². The molecule has 3 aromatic rings. The van der Waals surface area contributed by atoms with Gasteiger partial charge in [0.05, 0.1) is 32.9 Å². The van der Waals surface area contributed by atoms with Gasteiger partial charge in [0, 0.05) is 11.0 Å².